The summed E-state index contributed by atoms with van der Waals surface area (Å²) in [5, 5.41) is 4.23. The van der Waals surface area contributed by atoms with Gasteiger partial charge in [-0.05, 0) is 55.2 Å². The molecule has 1 amide bonds. The predicted molar refractivity (Wildman–Crippen MR) is 96.7 cm³/mol. The molecule has 0 aliphatic rings. The second kappa shape index (κ2) is 7.30. The molecular weight excluding hydrogens is 298 g/mol. The smallest absolute Gasteiger partial charge is 0.220 e. The molecule has 3 rings (SSSR count). The maximum atomic E-state index is 12.0. The lowest BCUT2D eigenvalue weighted by atomic mass is 10.1. The Hall–Kier alpha value is -2.62. The van der Waals surface area contributed by atoms with Crippen molar-refractivity contribution >= 4 is 16.8 Å². The normalized spacial score (nSPS) is 10.9. The van der Waals surface area contributed by atoms with Gasteiger partial charge in [0.05, 0.1) is 0 Å². The largest absolute Gasteiger partial charge is 0.352 e. The fourth-order valence-electron chi connectivity index (χ4n) is 2.93. The van der Waals surface area contributed by atoms with E-state index in [9.17, 15) is 4.79 Å². The van der Waals surface area contributed by atoms with Gasteiger partial charge < -0.3 is 9.88 Å². The van der Waals surface area contributed by atoms with Gasteiger partial charge >= 0.3 is 0 Å². The number of nitrogens with one attached hydrogen (secondary N) is 1. The first-order valence-corrected chi connectivity index (χ1v) is 8.34. The minimum Gasteiger partial charge on any atom is -0.352 e. The number of fused-ring (bicyclic) bond motifs is 1. The van der Waals surface area contributed by atoms with Gasteiger partial charge in [0.25, 0.3) is 0 Å². The van der Waals surface area contributed by atoms with E-state index in [4.69, 9.17) is 0 Å². The van der Waals surface area contributed by atoms with Gasteiger partial charge in [0.2, 0.25) is 5.91 Å². The molecule has 0 bridgehead atoms. The van der Waals surface area contributed by atoms with Crippen molar-refractivity contribution in [2.45, 2.75) is 32.7 Å². The summed E-state index contributed by atoms with van der Waals surface area (Å²) in [5.74, 6) is 0.100. The van der Waals surface area contributed by atoms with Crippen LogP contribution in [0.3, 0.4) is 0 Å². The third-order valence-corrected chi connectivity index (χ3v) is 4.43. The summed E-state index contributed by atoms with van der Waals surface area (Å²) in [5.41, 5.74) is 4.77. The van der Waals surface area contributed by atoms with E-state index in [2.05, 4.69) is 53.1 Å². The predicted octanol–water partition coefficient (Wildman–Crippen LogP) is 3.52. The van der Waals surface area contributed by atoms with Crippen LogP contribution in [-0.4, -0.2) is 15.5 Å². The number of nitrogens with zero attached hydrogens (tertiary/aromatic N) is 2. The average Bonchev–Trinajstić information content (AvgIpc) is 2.88. The molecule has 0 atom stereocenters. The van der Waals surface area contributed by atoms with Crippen molar-refractivity contribution in [3.05, 3.63) is 65.6 Å². The molecule has 1 N–H and O–H groups in total. The molecule has 0 aliphatic carbocycles. The zero-order chi connectivity index (χ0) is 16.9. The quantitative estimate of drug-likeness (QED) is 0.755. The van der Waals surface area contributed by atoms with Gasteiger partial charge in [0.15, 0.2) is 0 Å². The molecule has 1 aromatic carbocycles. The molecule has 0 fully saturated rings. The minimum atomic E-state index is 0.100. The van der Waals surface area contributed by atoms with Crippen molar-refractivity contribution in [2.75, 3.05) is 0 Å². The Morgan fingerprint density at radius 2 is 2.08 bits per heavy atom. The van der Waals surface area contributed by atoms with Gasteiger partial charge in [0.1, 0.15) is 0 Å². The van der Waals surface area contributed by atoms with E-state index in [0.717, 1.165) is 18.4 Å². The minimum absolute atomic E-state index is 0.100. The van der Waals surface area contributed by atoms with E-state index in [-0.39, 0.29) is 5.91 Å². The van der Waals surface area contributed by atoms with Gasteiger partial charge in [-0.15, -0.1) is 0 Å². The van der Waals surface area contributed by atoms with E-state index in [0.29, 0.717) is 13.0 Å². The Bertz CT molecular complexity index is 837. The lowest BCUT2D eigenvalue weighted by molar-refractivity contribution is -0.121. The van der Waals surface area contributed by atoms with Crippen LogP contribution in [0.2, 0.25) is 0 Å². The molecule has 2 aromatic heterocycles. The first-order valence-electron chi connectivity index (χ1n) is 8.34. The third kappa shape index (κ3) is 3.82. The third-order valence-electron chi connectivity index (χ3n) is 4.43. The molecule has 4 heteroatoms. The molecule has 0 saturated carbocycles. The highest BCUT2D eigenvalue weighted by Gasteiger charge is 2.05. The summed E-state index contributed by atoms with van der Waals surface area (Å²) in [6, 6.07) is 12.5. The second-order valence-corrected chi connectivity index (χ2v) is 6.23. The molecular formula is C20H23N3O. The summed E-state index contributed by atoms with van der Waals surface area (Å²) in [7, 11) is 2.07. The summed E-state index contributed by atoms with van der Waals surface area (Å²) < 4.78 is 2.18. The SMILES string of the molecule is Cc1cc2cc(CNC(=O)CCCc3cccnc3)ccc2n1C. The van der Waals surface area contributed by atoms with Crippen LogP contribution < -0.4 is 5.32 Å². The number of hydrogen-bond acceptors (Lipinski definition) is 2. The molecule has 4 nitrogen and oxygen atoms in total. The fraction of sp³-hybridized carbons (Fsp3) is 0.300. The molecule has 2 heterocycles. The molecule has 124 valence electrons. The number of rotatable bonds is 6. The maximum absolute atomic E-state index is 12.0. The standard InChI is InChI=1S/C20H23N3O/c1-15-11-18-12-17(8-9-19(18)23(15)2)14-22-20(24)7-3-5-16-6-4-10-21-13-16/h4,6,8-13H,3,5,7,14H2,1-2H3,(H,22,24). The lowest BCUT2D eigenvalue weighted by Crippen LogP contribution is -2.22. The van der Waals surface area contributed by atoms with Crippen LogP contribution in [-0.2, 0) is 24.8 Å². The van der Waals surface area contributed by atoms with Crippen molar-refractivity contribution in [3.8, 4) is 0 Å². The van der Waals surface area contributed by atoms with Crippen LogP contribution in [0.1, 0.15) is 29.7 Å². The van der Waals surface area contributed by atoms with Gasteiger partial charge in [-0.2, -0.15) is 0 Å². The summed E-state index contributed by atoms with van der Waals surface area (Å²) >= 11 is 0. The first-order chi connectivity index (χ1) is 11.6. The number of pyridine rings is 1. The Balaban J connectivity index is 1.49. The zero-order valence-corrected chi connectivity index (χ0v) is 14.2. The number of hydrogen-bond donors (Lipinski definition) is 1. The highest BCUT2D eigenvalue weighted by Crippen LogP contribution is 2.19. The molecule has 0 aliphatic heterocycles. The highest BCUT2D eigenvalue weighted by molar-refractivity contribution is 5.82. The fourth-order valence-corrected chi connectivity index (χ4v) is 2.93. The van der Waals surface area contributed by atoms with Crippen LogP contribution in [0.15, 0.2) is 48.8 Å². The molecule has 0 unspecified atom stereocenters. The summed E-state index contributed by atoms with van der Waals surface area (Å²) in [6.45, 7) is 2.68. The van der Waals surface area contributed by atoms with Crippen LogP contribution in [0, 0.1) is 6.92 Å². The van der Waals surface area contributed by atoms with E-state index >= 15 is 0 Å². The summed E-state index contributed by atoms with van der Waals surface area (Å²) in [6.07, 6.45) is 5.89. The Labute approximate surface area is 142 Å². The van der Waals surface area contributed by atoms with Crippen LogP contribution in [0.25, 0.3) is 10.9 Å². The van der Waals surface area contributed by atoms with Crippen LogP contribution in [0.4, 0.5) is 0 Å². The zero-order valence-electron chi connectivity index (χ0n) is 14.2. The first kappa shape index (κ1) is 16.2. The van der Waals surface area contributed by atoms with Gasteiger partial charge in [-0.25, -0.2) is 0 Å². The van der Waals surface area contributed by atoms with Crippen LogP contribution in [0.5, 0.6) is 0 Å². The van der Waals surface area contributed by atoms with Crippen molar-refractivity contribution in [2.24, 2.45) is 7.05 Å². The lowest BCUT2D eigenvalue weighted by Gasteiger charge is -2.06. The van der Waals surface area contributed by atoms with Gasteiger partial charge in [-0.1, -0.05) is 12.1 Å². The van der Waals surface area contributed by atoms with Crippen LogP contribution >= 0.6 is 0 Å². The van der Waals surface area contributed by atoms with E-state index in [1.54, 1.807) is 6.20 Å². The number of amides is 1. The molecule has 24 heavy (non-hydrogen) atoms. The number of carbonyl (C=O) groups excluding carboxylic acids is 1. The van der Waals surface area contributed by atoms with Crippen molar-refractivity contribution < 1.29 is 4.79 Å². The van der Waals surface area contributed by atoms with Gasteiger partial charge in [0, 0.05) is 49.0 Å². The number of aromatic nitrogens is 2. The number of aryl methyl sites for hydroxylation is 3. The van der Waals surface area contributed by atoms with Crippen molar-refractivity contribution in [1.82, 2.24) is 14.9 Å². The van der Waals surface area contributed by atoms with E-state index in [1.807, 2.05) is 18.3 Å². The monoisotopic (exact) mass is 321 g/mol. The highest BCUT2D eigenvalue weighted by atomic mass is 16.1. The Morgan fingerprint density at radius 1 is 1.21 bits per heavy atom. The Kier molecular flexibility index (Phi) is 4.94. The molecule has 0 saturated heterocycles. The van der Waals surface area contributed by atoms with Crippen molar-refractivity contribution in [3.63, 3.8) is 0 Å². The van der Waals surface area contributed by atoms with E-state index in [1.165, 1.54) is 22.2 Å². The average molecular weight is 321 g/mol. The van der Waals surface area contributed by atoms with Crippen molar-refractivity contribution in [1.29, 1.82) is 0 Å². The van der Waals surface area contributed by atoms with E-state index < -0.39 is 0 Å². The topological polar surface area (TPSA) is 46.9 Å². The Morgan fingerprint density at radius 3 is 2.88 bits per heavy atom. The molecule has 0 spiro atoms. The van der Waals surface area contributed by atoms with Gasteiger partial charge in [-0.3, -0.25) is 9.78 Å². The second-order valence-electron chi connectivity index (χ2n) is 6.23. The molecule has 0 radical (unpaired) electrons. The maximum Gasteiger partial charge on any atom is 0.220 e. The number of benzene rings is 1. The summed E-state index contributed by atoms with van der Waals surface area (Å²) in [4.78, 5) is 16.1. The molecule has 3 aromatic rings. The number of carbonyl (C=O) groups is 1.